The van der Waals surface area contributed by atoms with Crippen LogP contribution in [0.4, 0.5) is 0 Å². The standard InChI is InChI=1S/C25H28N2O6/c1-13-21(14-4-3-5-16(8-14)32-7-6-28)17-9-15(10-18(23(17)33-13)25(30)26-2)24(29)27-22-19-11-31-12-20(19)22/h3-5,8-10,13,19-22,28H,6-7,11-12H2,1-2H3,(H,26,30)(H,27,29)/t13?,19?,20?,21-,22?/m0/s1. The minimum Gasteiger partial charge on any atom is -0.491 e. The van der Waals surface area contributed by atoms with Gasteiger partial charge >= 0.3 is 0 Å². The second-order valence-corrected chi connectivity index (χ2v) is 8.83. The molecule has 174 valence electrons. The van der Waals surface area contributed by atoms with E-state index in [-0.39, 0.29) is 43.1 Å². The number of benzene rings is 2. The monoisotopic (exact) mass is 452 g/mol. The SMILES string of the molecule is CNC(=O)c1cc(C(=O)NC2C3COCC32)cc2c1OC(C)[C@H]2c1cccc(OCCO)c1. The molecule has 1 saturated heterocycles. The smallest absolute Gasteiger partial charge is 0.254 e. The lowest BCUT2D eigenvalue weighted by Crippen LogP contribution is -2.30. The first-order valence-electron chi connectivity index (χ1n) is 11.3. The number of carbonyl (C=O) groups is 2. The largest absolute Gasteiger partial charge is 0.491 e. The highest BCUT2D eigenvalue weighted by Gasteiger charge is 2.54. The zero-order valence-corrected chi connectivity index (χ0v) is 18.7. The van der Waals surface area contributed by atoms with Gasteiger partial charge in [0.1, 0.15) is 24.2 Å². The molecule has 3 aliphatic rings. The molecule has 0 bridgehead atoms. The number of aliphatic hydroxyl groups excluding tert-OH is 1. The fourth-order valence-electron chi connectivity index (χ4n) is 5.06. The van der Waals surface area contributed by atoms with Crippen LogP contribution in [0.5, 0.6) is 11.5 Å². The lowest BCUT2D eigenvalue weighted by Gasteiger charge is -2.17. The summed E-state index contributed by atoms with van der Waals surface area (Å²) in [6.45, 7) is 3.45. The van der Waals surface area contributed by atoms with E-state index in [1.165, 1.54) is 0 Å². The van der Waals surface area contributed by atoms with Crippen LogP contribution in [0, 0.1) is 11.8 Å². The van der Waals surface area contributed by atoms with E-state index < -0.39 is 0 Å². The molecule has 33 heavy (non-hydrogen) atoms. The molecular weight excluding hydrogens is 424 g/mol. The summed E-state index contributed by atoms with van der Waals surface area (Å²) in [5.74, 6) is 1.25. The number of amides is 2. The van der Waals surface area contributed by atoms with Crippen LogP contribution in [0.15, 0.2) is 36.4 Å². The molecular formula is C25H28N2O6. The maximum atomic E-state index is 13.1. The molecule has 0 spiro atoms. The molecule has 4 atom stereocenters. The minimum absolute atomic E-state index is 0.0706. The highest BCUT2D eigenvalue weighted by molar-refractivity contribution is 6.02. The van der Waals surface area contributed by atoms with Crippen molar-refractivity contribution in [3.05, 3.63) is 58.7 Å². The highest BCUT2D eigenvalue weighted by Crippen LogP contribution is 2.46. The number of carbonyl (C=O) groups excluding carboxylic acids is 2. The van der Waals surface area contributed by atoms with Crippen LogP contribution in [-0.2, 0) is 4.74 Å². The first kappa shape index (κ1) is 21.7. The molecule has 2 fully saturated rings. The van der Waals surface area contributed by atoms with Gasteiger partial charge in [-0.25, -0.2) is 0 Å². The minimum atomic E-state index is -0.300. The Morgan fingerprint density at radius 1 is 1.15 bits per heavy atom. The number of aliphatic hydroxyl groups is 1. The van der Waals surface area contributed by atoms with E-state index in [4.69, 9.17) is 19.3 Å². The fourth-order valence-corrected chi connectivity index (χ4v) is 5.06. The topological polar surface area (TPSA) is 106 Å². The van der Waals surface area contributed by atoms with Gasteiger partial charge in [0.05, 0.1) is 25.4 Å². The predicted molar refractivity (Wildman–Crippen MR) is 120 cm³/mol. The average Bonchev–Trinajstić information content (AvgIpc) is 3.15. The number of hydrogen-bond donors (Lipinski definition) is 3. The van der Waals surface area contributed by atoms with Gasteiger partial charge in [-0.15, -0.1) is 0 Å². The van der Waals surface area contributed by atoms with Crippen molar-refractivity contribution in [1.29, 1.82) is 0 Å². The maximum Gasteiger partial charge on any atom is 0.254 e. The number of nitrogens with one attached hydrogen (secondary N) is 2. The molecule has 1 saturated carbocycles. The Labute approximate surface area is 192 Å². The van der Waals surface area contributed by atoms with Gasteiger partial charge in [-0.2, -0.15) is 0 Å². The summed E-state index contributed by atoms with van der Waals surface area (Å²) in [5, 5.41) is 14.8. The fraction of sp³-hybridized carbons (Fsp3) is 0.440. The Balaban J connectivity index is 1.50. The summed E-state index contributed by atoms with van der Waals surface area (Å²) in [5.41, 5.74) is 2.54. The van der Waals surface area contributed by atoms with E-state index in [9.17, 15) is 9.59 Å². The quantitative estimate of drug-likeness (QED) is 0.591. The van der Waals surface area contributed by atoms with Crippen molar-refractivity contribution in [3.8, 4) is 11.5 Å². The Bertz CT molecular complexity index is 1080. The average molecular weight is 453 g/mol. The van der Waals surface area contributed by atoms with Crippen molar-refractivity contribution in [2.45, 2.75) is 25.0 Å². The van der Waals surface area contributed by atoms with Crippen molar-refractivity contribution >= 4 is 11.8 Å². The Kier molecular flexibility index (Phi) is 5.72. The third-order valence-electron chi connectivity index (χ3n) is 6.79. The Morgan fingerprint density at radius 2 is 1.94 bits per heavy atom. The molecule has 5 rings (SSSR count). The van der Waals surface area contributed by atoms with E-state index in [0.29, 0.717) is 47.7 Å². The molecule has 8 nitrogen and oxygen atoms in total. The van der Waals surface area contributed by atoms with Crippen LogP contribution in [-0.4, -0.2) is 62.5 Å². The first-order valence-corrected chi connectivity index (χ1v) is 11.3. The third kappa shape index (κ3) is 3.94. The van der Waals surface area contributed by atoms with Crippen LogP contribution >= 0.6 is 0 Å². The van der Waals surface area contributed by atoms with Crippen LogP contribution in [0.2, 0.25) is 0 Å². The van der Waals surface area contributed by atoms with Crippen LogP contribution < -0.4 is 20.1 Å². The Morgan fingerprint density at radius 3 is 2.67 bits per heavy atom. The zero-order valence-electron chi connectivity index (χ0n) is 18.7. The summed E-state index contributed by atoms with van der Waals surface area (Å²) in [4.78, 5) is 25.8. The summed E-state index contributed by atoms with van der Waals surface area (Å²) in [6.07, 6.45) is -0.241. The first-order chi connectivity index (χ1) is 16.0. The van der Waals surface area contributed by atoms with Gasteiger partial charge in [0.2, 0.25) is 0 Å². The molecule has 2 heterocycles. The van der Waals surface area contributed by atoms with E-state index >= 15 is 0 Å². The molecule has 3 N–H and O–H groups in total. The third-order valence-corrected chi connectivity index (χ3v) is 6.79. The number of rotatable bonds is 7. The number of ether oxygens (including phenoxy) is 3. The summed E-state index contributed by atoms with van der Waals surface area (Å²) >= 11 is 0. The van der Waals surface area contributed by atoms with Crippen LogP contribution in [0.25, 0.3) is 0 Å². The number of fused-ring (bicyclic) bond motifs is 2. The van der Waals surface area contributed by atoms with Gasteiger partial charge in [-0.05, 0) is 36.8 Å². The molecule has 2 aromatic rings. The maximum absolute atomic E-state index is 13.1. The van der Waals surface area contributed by atoms with Crippen molar-refractivity contribution in [2.24, 2.45) is 11.8 Å². The molecule has 3 unspecified atom stereocenters. The van der Waals surface area contributed by atoms with E-state index in [0.717, 1.165) is 11.1 Å². The van der Waals surface area contributed by atoms with Gasteiger partial charge < -0.3 is 30.0 Å². The lowest BCUT2D eigenvalue weighted by atomic mass is 9.86. The van der Waals surface area contributed by atoms with Gasteiger partial charge in [0, 0.05) is 42.0 Å². The molecule has 2 amide bonds. The van der Waals surface area contributed by atoms with Crippen molar-refractivity contribution in [3.63, 3.8) is 0 Å². The molecule has 0 aromatic heterocycles. The molecule has 1 aliphatic carbocycles. The highest BCUT2D eigenvalue weighted by atomic mass is 16.5. The van der Waals surface area contributed by atoms with Crippen molar-refractivity contribution in [1.82, 2.24) is 10.6 Å². The predicted octanol–water partition coefficient (Wildman–Crippen LogP) is 1.70. The molecule has 2 aromatic carbocycles. The van der Waals surface area contributed by atoms with E-state index in [1.54, 1.807) is 13.1 Å². The van der Waals surface area contributed by atoms with Gasteiger partial charge in [-0.1, -0.05) is 12.1 Å². The molecule has 0 radical (unpaired) electrons. The molecule has 2 aliphatic heterocycles. The molecule has 8 heteroatoms. The summed E-state index contributed by atoms with van der Waals surface area (Å²) < 4.78 is 17.1. The van der Waals surface area contributed by atoms with E-state index in [1.807, 2.05) is 37.3 Å². The van der Waals surface area contributed by atoms with Crippen molar-refractivity contribution < 1.29 is 28.9 Å². The van der Waals surface area contributed by atoms with Crippen molar-refractivity contribution in [2.75, 3.05) is 33.5 Å². The lowest BCUT2D eigenvalue weighted by molar-refractivity contribution is 0.0928. The second kappa shape index (κ2) is 8.68. The van der Waals surface area contributed by atoms with Crippen LogP contribution in [0.3, 0.4) is 0 Å². The Hall–Kier alpha value is -3.10. The van der Waals surface area contributed by atoms with E-state index in [2.05, 4.69) is 10.6 Å². The van der Waals surface area contributed by atoms with Gasteiger partial charge in [0.15, 0.2) is 0 Å². The van der Waals surface area contributed by atoms with Crippen LogP contribution in [0.1, 0.15) is 44.7 Å². The second-order valence-electron chi connectivity index (χ2n) is 8.83. The summed E-state index contributed by atoms with van der Waals surface area (Å²) in [7, 11) is 1.56. The van der Waals surface area contributed by atoms with Gasteiger partial charge in [-0.3, -0.25) is 9.59 Å². The normalized spacial score (nSPS) is 26.7. The summed E-state index contributed by atoms with van der Waals surface area (Å²) in [6, 6.07) is 11.2. The zero-order chi connectivity index (χ0) is 23.1. The number of hydrogen-bond acceptors (Lipinski definition) is 6. The van der Waals surface area contributed by atoms with Gasteiger partial charge in [0.25, 0.3) is 11.8 Å².